The van der Waals surface area contributed by atoms with Crippen LogP contribution in [0.3, 0.4) is 0 Å². The van der Waals surface area contributed by atoms with Gasteiger partial charge in [-0.3, -0.25) is 4.21 Å². The average Bonchev–Trinajstić information content (AvgIpc) is 2.83. The van der Waals surface area contributed by atoms with E-state index in [1.165, 1.54) is 0 Å². The molecule has 7 heteroatoms. The van der Waals surface area contributed by atoms with Crippen LogP contribution in [0.4, 0.5) is 11.8 Å². The smallest absolute Gasteiger partial charge is 0.226 e. The molecule has 0 aliphatic heterocycles. The number of nitrogens with one attached hydrogen (secondary N) is 2. The van der Waals surface area contributed by atoms with Crippen molar-refractivity contribution < 1.29 is 4.21 Å². The van der Waals surface area contributed by atoms with Crippen molar-refractivity contribution in [3.05, 3.63) is 11.4 Å². The Bertz CT molecular complexity index is 570. The van der Waals surface area contributed by atoms with Gasteiger partial charge in [-0.15, -0.1) is 11.3 Å². The first-order chi connectivity index (χ1) is 9.20. The number of rotatable bonds is 7. The fourth-order valence-electron chi connectivity index (χ4n) is 1.71. The van der Waals surface area contributed by atoms with E-state index in [-0.39, 0.29) is 0 Å². The summed E-state index contributed by atoms with van der Waals surface area (Å²) in [5, 5.41) is 9.50. The Morgan fingerprint density at radius 2 is 2.21 bits per heavy atom. The summed E-state index contributed by atoms with van der Waals surface area (Å²) in [6.45, 7) is 3.59. The van der Waals surface area contributed by atoms with E-state index >= 15 is 0 Å². The average molecular weight is 298 g/mol. The number of aromatic nitrogens is 2. The first-order valence-corrected chi connectivity index (χ1v) is 8.84. The Morgan fingerprint density at radius 3 is 2.95 bits per heavy atom. The van der Waals surface area contributed by atoms with Gasteiger partial charge >= 0.3 is 0 Å². The molecule has 0 radical (unpaired) electrons. The maximum Gasteiger partial charge on any atom is 0.226 e. The maximum absolute atomic E-state index is 11.0. The number of thiophene rings is 1. The van der Waals surface area contributed by atoms with Crippen LogP contribution < -0.4 is 10.6 Å². The zero-order valence-corrected chi connectivity index (χ0v) is 12.7. The largest absolute Gasteiger partial charge is 0.369 e. The third-order valence-corrected chi connectivity index (χ3v) is 4.23. The molecule has 2 N–H and O–H groups in total. The molecule has 0 aliphatic rings. The molecule has 1 unspecified atom stereocenters. The Balaban J connectivity index is 2.11. The molecular formula is C12H18N4OS2. The number of anilines is 2. The van der Waals surface area contributed by atoms with Gasteiger partial charge < -0.3 is 10.6 Å². The summed E-state index contributed by atoms with van der Waals surface area (Å²) in [6.07, 6.45) is 2.60. The van der Waals surface area contributed by atoms with E-state index in [4.69, 9.17) is 0 Å². The van der Waals surface area contributed by atoms with Crippen LogP contribution in [0.5, 0.6) is 0 Å². The van der Waals surface area contributed by atoms with Gasteiger partial charge in [-0.05, 0) is 24.8 Å². The number of fused-ring (bicyclic) bond motifs is 1. The van der Waals surface area contributed by atoms with E-state index in [1.54, 1.807) is 17.6 Å². The lowest BCUT2D eigenvalue weighted by molar-refractivity contribution is 0.685. The van der Waals surface area contributed by atoms with Crippen molar-refractivity contribution in [1.29, 1.82) is 0 Å². The van der Waals surface area contributed by atoms with Gasteiger partial charge in [-0.25, -0.2) is 4.98 Å². The Hall–Kier alpha value is -1.21. The predicted molar refractivity (Wildman–Crippen MR) is 83.6 cm³/mol. The first-order valence-electron chi connectivity index (χ1n) is 6.23. The minimum Gasteiger partial charge on any atom is -0.369 e. The second kappa shape index (κ2) is 6.81. The lowest BCUT2D eigenvalue weighted by atomic mass is 10.3. The van der Waals surface area contributed by atoms with Crippen molar-refractivity contribution in [2.24, 2.45) is 0 Å². The van der Waals surface area contributed by atoms with Crippen molar-refractivity contribution in [2.45, 2.75) is 13.3 Å². The molecule has 0 aromatic carbocycles. The SMILES string of the molecule is CCNc1nc(NCCCS(C)=O)c2ccsc2n1. The molecule has 0 fully saturated rings. The van der Waals surface area contributed by atoms with Gasteiger partial charge in [0.2, 0.25) is 5.95 Å². The summed E-state index contributed by atoms with van der Waals surface area (Å²) in [6, 6.07) is 2.02. The third kappa shape index (κ3) is 3.87. The Kier molecular flexibility index (Phi) is 5.09. The quantitative estimate of drug-likeness (QED) is 0.768. The van der Waals surface area contributed by atoms with Crippen LogP contribution in [-0.4, -0.2) is 39.3 Å². The van der Waals surface area contributed by atoms with E-state index in [0.29, 0.717) is 11.7 Å². The molecule has 0 aliphatic carbocycles. The van der Waals surface area contributed by atoms with Crippen LogP contribution in [0.15, 0.2) is 11.4 Å². The molecule has 2 heterocycles. The van der Waals surface area contributed by atoms with E-state index in [0.717, 1.165) is 35.5 Å². The highest BCUT2D eigenvalue weighted by molar-refractivity contribution is 7.84. The summed E-state index contributed by atoms with van der Waals surface area (Å²) in [5.74, 6) is 2.22. The minimum absolute atomic E-state index is 0.652. The summed E-state index contributed by atoms with van der Waals surface area (Å²) in [7, 11) is -0.733. The highest BCUT2D eigenvalue weighted by Gasteiger charge is 2.08. The number of hydrogen-bond donors (Lipinski definition) is 2. The fraction of sp³-hybridized carbons (Fsp3) is 0.500. The van der Waals surface area contributed by atoms with E-state index in [2.05, 4.69) is 20.6 Å². The van der Waals surface area contributed by atoms with Gasteiger partial charge in [-0.2, -0.15) is 4.98 Å². The van der Waals surface area contributed by atoms with Gasteiger partial charge in [0.15, 0.2) is 0 Å². The highest BCUT2D eigenvalue weighted by Crippen LogP contribution is 2.26. The third-order valence-electron chi connectivity index (χ3n) is 2.56. The van der Waals surface area contributed by atoms with Gasteiger partial charge in [0.25, 0.3) is 0 Å². The van der Waals surface area contributed by atoms with Crippen molar-refractivity contribution in [3.63, 3.8) is 0 Å². The molecule has 0 spiro atoms. The molecular weight excluding hydrogens is 280 g/mol. The Labute approximate surface area is 119 Å². The molecule has 0 saturated heterocycles. The van der Waals surface area contributed by atoms with Crippen LogP contribution in [0.25, 0.3) is 10.2 Å². The summed E-state index contributed by atoms with van der Waals surface area (Å²) in [5.41, 5.74) is 0. The molecule has 2 aromatic rings. The standard InChI is InChI=1S/C12H18N4OS2/c1-3-13-12-15-10(14-6-4-8-19(2)17)9-5-7-18-11(9)16-12/h5,7H,3-4,6,8H2,1-2H3,(H2,13,14,15,16). The molecule has 104 valence electrons. The lowest BCUT2D eigenvalue weighted by Gasteiger charge is -2.08. The second-order valence-electron chi connectivity index (χ2n) is 4.12. The van der Waals surface area contributed by atoms with Crippen LogP contribution in [-0.2, 0) is 10.8 Å². The fourth-order valence-corrected chi connectivity index (χ4v) is 3.02. The van der Waals surface area contributed by atoms with E-state index in [1.807, 2.05) is 18.4 Å². The maximum atomic E-state index is 11.0. The molecule has 19 heavy (non-hydrogen) atoms. The second-order valence-corrected chi connectivity index (χ2v) is 6.57. The van der Waals surface area contributed by atoms with Gasteiger partial charge in [-0.1, -0.05) is 0 Å². The summed E-state index contributed by atoms with van der Waals surface area (Å²) < 4.78 is 11.0. The van der Waals surface area contributed by atoms with Crippen molar-refractivity contribution >= 4 is 44.1 Å². The molecule has 1 atom stereocenters. The van der Waals surface area contributed by atoms with Crippen molar-refractivity contribution in [2.75, 3.05) is 35.7 Å². The molecule has 5 nitrogen and oxygen atoms in total. The molecule has 0 bridgehead atoms. The monoisotopic (exact) mass is 298 g/mol. The zero-order chi connectivity index (χ0) is 13.7. The van der Waals surface area contributed by atoms with Gasteiger partial charge in [0.05, 0.1) is 5.39 Å². The van der Waals surface area contributed by atoms with Crippen LogP contribution in [0.2, 0.25) is 0 Å². The number of hydrogen-bond acceptors (Lipinski definition) is 6. The van der Waals surface area contributed by atoms with Crippen LogP contribution in [0, 0.1) is 0 Å². The summed E-state index contributed by atoms with van der Waals surface area (Å²) in [4.78, 5) is 9.91. The lowest BCUT2D eigenvalue weighted by Crippen LogP contribution is -2.09. The topological polar surface area (TPSA) is 66.9 Å². The molecule has 0 saturated carbocycles. The van der Waals surface area contributed by atoms with E-state index in [9.17, 15) is 4.21 Å². The van der Waals surface area contributed by atoms with Crippen molar-refractivity contribution in [1.82, 2.24) is 9.97 Å². The van der Waals surface area contributed by atoms with E-state index < -0.39 is 10.8 Å². The summed E-state index contributed by atoms with van der Waals surface area (Å²) >= 11 is 1.61. The van der Waals surface area contributed by atoms with Crippen LogP contribution >= 0.6 is 11.3 Å². The van der Waals surface area contributed by atoms with Gasteiger partial charge in [0.1, 0.15) is 10.6 Å². The van der Waals surface area contributed by atoms with Gasteiger partial charge in [0, 0.05) is 35.9 Å². The van der Waals surface area contributed by atoms with Crippen molar-refractivity contribution in [3.8, 4) is 0 Å². The Morgan fingerprint density at radius 1 is 1.37 bits per heavy atom. The first kappa shape index (κ1) is 14.2. The highest BCUT2D eigenvalue weighted by atomic mass is 32.2. The zero-order valence-electron chi connectivity index (χ0n) is 11.1. The van der Waals surface area contributed by atoms with Crippen LogP contribution in [0.1, 0.15) is 13.3 Å². The number of nitrogens with zero attached hydrogens (tertiary/aromatic N) is 2. The molecule has 0 amide bonds. The molecule has 2 aromatic heterocycles. The minimum atomic E-state index is -0.733. The normalized spacial score (nSPS) is 12.5. The predicted octanol–water partition coefficient (Wildman–Crippen LogP) is 2.30. The molecule has 2 rings (SSSR count).